The van der Waals surface area contributed by atoms with Crippen LogP contribution < -0.4 is 0 Å². The maximum Gasteiger partial charge on any atom is 0.228 e. The number of aromatic nitrogens is 3. The summed E-state index contributed by atoms with van der Waals surface area (Å²) >= 11 is 0. The zero-order valence-electron chi connectivity index (χ0n) is 13.7. The zero-order chi connectivity index (χ0) is 16.4. The van der Waals surface area contributed by atoms with Crippen LogP contribution in [0.3, 0.4) is 0 Å². The molecule has 0 aliphatic carbocycles. The van der Waals surface area contributed by atoms with Gasteiger partial charge in [-0.1, -0.05) is 18.2 Å². The minimum atomic E-state index is 0.0644. The second-order valence-corrected chi connectivity index (χ2v) is 6.55. The number of carbonyl (C=O) groups is 1. The summed E-state index contributed by atoms with van der Waals surface area (Å²) < 4.78 is 7.41. The van der Waals surface area contributed by atoms with Crippen LogP contribution in [0.4, 0.5) is 0 Å². The molecule has 3 heterocycles. The van der Waals surface area contributed by atoms with Gasteiger partial charge in [0.15, 0.2) is 0 Å². The highest BCUT2D eigenvalue weighted by atomic mass is 16.5. The summed E-state index contributed by atoms with van der Waals surface area (Å²) in [7, 11) is 0. The van der Waals surface area contributed by atoms with Gasteiger partial charge in [0.1, 0.15) is 12.2 Å². The number of amides is 1. The van der Waals surface area contributed by atoms with E-state index in [0.29, 0.717) is 19.1 Å². The van der Waals surface area contributed by atoms with E-state index in [4.69, 9.17) is 4.74 Å². The molecule has 0 radical (unpaired) electrons. The lowest BCUT2D eigenvalue weighted by molar-refractivity contribution is -0.136. The first kappa shape index (κ1) is 15.3. The van der Waals surface area contributed by atoms with Crippen molar-refractivity contribution in [3.8, 4) is 5.69 Å². The van der Waals surface area contributed by atoms with Crippen molar-refractivity contribution < 1.29 is 9.53 Å². The Morgan fingerprint density at radius 1 is 1.12 bits per heavy atom. The van der Waals surface area contributed by atoms with E-state index in [2.05, 4.69) is 26.9 Å². The predicted molar refractivity (Wildman–Crippen MR) is 88.8 cm³/mol. The lowest BCUT2D eigenvalue weighted by atomic mass is 9.94. The van der Waals surface area contributed by atoms with E-state index in [-0.39, 0.29) is 11.8 Å². The Balaban J connectivity index is 1.43. The molecule has 0 bridgehead atoms. The molecule has 24 heavy (non-hydrogen) atoms. The van der Waals surface area contributed by atoms with Gasteiger partial charge in [-0.15, -0.1) is 10.2 Å². The fourth-order valence-electron chi connectivity index (χ4n) is 3.66. The van der Waals surface area contributed by atoms with Crippen LogP contribution in [0.25, 0.3) is 5.69 Å². The zero-order valence-corrected chi connectivity index (χ0v) is 13.7. The lowest BCUT2D eigenvalue weighted by Crippen LogP contribution is -2.41. The third-order valence-electron chi connectivity index (χ3n) is 5.06. The Kier molecular flexibility index (Phi) is 4.30. The summed E-state index contributed by atoms with van der Waals surface area (Å²) in [4.78, 5) is 14.5. The molecule has 0 saturated carbocycles. The van der Waals surface area contributed by atoms with E-state index in [1.807, 2.05) is 23.1 Å². The van der Waals surface area contributed by atoms with Gasteiger partial charge in [0.2, 0.25) is 5.91 Å². The van der Waals surface area contributed by atoms with E-state index in [1.54, 1.807) is 6.33 Å². The number of nitrogens with zero attached hydrogens (tertiary/aromatic N) is 4. The van der Waals surface area contributed by atoms with E-state index in [1.165, 1.54) is 0 Å². The maximum absolute atomic E-state index is 12.5. The number of rotatable bonds is 3. The number of likely N-dealkylation sites (tertiary alicyclic amines) is 1. The molecule has 2 saturated heterocycles. The van der Waals surface area contributed by atoms with Crippen molar-refractivity contribution in [2.24, 2.45) is 5.92 Å². The minimum Gasteiger partial charge on any atom is -0.381 e. The van der Waals surface area contributed by atoms with Crippen LogP contribution in [0, 0.1) is 5.92 Å². The minimum absolute atomic E-state index is 0.0644. The number of hydrogen-bond acceptors (Lipinski definition) is 4. The van der Waals surface area contributed by atoms with Gasteiger partial charge in [0.25, 0.3) is 0 Å². The molecule has 1 amide bonds. The quantitative estimate of drug-likeness (QED) is 0.866. The molecule has 1 aromatic heterocycles. The Morgan fingerprint density at radius 2 is 1.92 bits per heavy atom. The van der Waals surface area contributed by atoms with E-state index in [9.17, 15) is 4.79 Å². The van der Waals surface area contributed by atoms with Crippen molar-refractivity contribution in [2.75, 3.05) is 26.3 Å². The van der Waals surface area contributed by atoms with Crippen LogP contribution in [0.2, 0.25) is 0 Å². The summed E-state index contributed by atoms with van der Waals surface area (Å²) in [6, 6.07) is 10.2. The number of para-hydroxylation sites is 1. The average molecular weight is 326 g/mol. The van der Waals surface area contributed by atoms with Gasteiger partial charge in [-0.25, -0.2) is 0 Å². The van der Waals surface area contributed by atoms with Crippen LogP contribution in [-0.2, 0) is 9.53 Å². The molecule has 6 heteroatoms. The molecule has 2 aromatic rings. The van der Waals surface area contributed by atoms with Gasteiger partial charge < -0.3 is 9.64 Å². The molecule has 1 atom stereocenters. The molecule has 126 valence electrons. The molecular formula is C18H22N4O2. The number of benzene rings is 1. The Bertz CT molecular complexity index is 686. The van der Waals surface area contributed by atoms with Crippen molar-refractivity contribution in [3.05, 3.63) is 42.5 Å². The molecular weight excluding hydrogens is 304 g/mol. The normalized spacial score (nSPS) is 22.0. The monoisotopic (exact) mass is 326 g/mol. The van der Waals surface area contributed by atoms with Gasteiger partial charge in [-0.3, -0.25) is 9.36 Å². The van der Waals surface area contributed by atoms with Crippen LogP contribution in [0.5, 0.6) is 0 Å². The van der Waals surface area contributed by atoms with Crippen LogP contribution in [0.15, 0.2) is 36.7 Å². The number of piperidine rings is 1. The third-order valence-corrected chi connectivity index (χ3v) is 5.06. The van der Waals surface area contributed by atoms with E-state index >= 15 is 0 Å². The molecule has 0 N–H and O–H groups in total. The fourth-order valence-corrected chi connectivity index (χ4v) is 3.66. The highest BCUT2D eigenvalue weighted by Gasteiger charge is 2.32. The molecule has 2 aliphatic rings. The largest absolute Gasteiger partial charge is 0.381 e. The van der Waals surface area contributed by atoms with Crippen molar-refractivity contribution >= 4 is 5.91 Å². The van der Waals surface area contributed by atoms with Crippen molar-refractivity contribution in [2.45, 2.75) is 25.2 Å². The van der Waals surface area contributed by atoms with Crippen molar-refractivity contribution in [3.63, 3.8) is 0 Å². The Morgan fingerprint density at radius 3 is 2.62 bits per heavy atom. The van der Waals surface area contributed by atoms with Gasteiger partial charge >= 0.3 is 0 Å². The van der Waals surface area contributed by atoms with Gasteiger partial charge in [0, 0.05) is 31.3 Å². The first-order chi connectivity index (χ1) is 11.8. The van der Waals surface area contributed by atoms with Gasteiger partial charge in [-0.2, -0.15) is 0 Å². The standard InChI is InChI=1S/C18H22N4O2/c23-18(15-8-11-24-12-15)21-9-6-14(7-10-21)17-20-19-13-22(17)16-4-2-1-3-5-16/h1-5,13-15H,6-12H2. The van der Waals surface area contributed by atoms with E-state index in [0.717, 1.165) is 43.9 Å². The molecule has 4 rings (SSSR count). The topological polar surface area (TPSA) is 60.2 Å². The lowest BCUT2D eigenvalue weighted by Gasteiger charge is -2.33. The summed E-state index contributed by atoms with van der Waals surface area (Å²) in [5.74, 6) is 1.67. The van der Waals surface area contributed by atoms with Crippen molar-refractivity contribution in [1.29, 1.82) is 0 Å². The fraction of sp³-hybridized carbons (Fsp3) is 0.500. The maximum atomic E-state index is 12.5. The number of ether oxygens (including phenoxy) is 1. The number of carbonyl (C=O) groups excluding carboxylic acids is 1. The highest BCUT2D eigenvalue weighted by molar-refractivity contribution is 5.79. The second-order valence-electron chi connectivity index (χ2n) is 6.55. The first-order valence-corrected chi connectivity index (χ1v) is 8.65. The SMILES string of the molecule is O=C(C1CCOC1)N1CCC(c2nncn2-c2ccccc2)CC1. The summed E-state index contributed by atoms with van der Waals surface area (Å²) in [5.41, 5.74) is 1.08. The van der Waals surface area contributed by atoms with Gasteiger partial charge in [0.05, 0.1) is 12.5 Å². The molecule has 0 spiro atoms. The summed E-state index contributed by atoms with van der Waals surface area (Å²) in [6.07, 6.45) is 4.51. The molecule has 2 aliphatic heterocycles. The van der Waals surface area contributed by atoms with Crippen LogP contribution in [0.1, 0.15) is 31.0 Å². The first-order valence-electron chi connectivity index (χ1n) is 8.65. The summed E-state index contributed by atoms with van der Waals surface area (Å²) in [5, 5.41) is 8.46. The second kappa shape index (κ2) is 6.73. The Labute approximate surface area is 141 Å². The molecule has 6 nitrogen and oxygen atoms in total. The molecule has 2 fully saturated rings. The average Bonchev–Trinajstić information content (AvgIpc) is 3.34. The smallest absolute Gasteiger partial charge is 0.228 e. The van der Waals surface area contributed by atoms with Crippen LogP contribution >= 0.6 is 0 Å². The van der Waals surface area contributed by atoms with Crippen molar-refractivity contribution in [1.82, 2.24) is 19.7 Å². The Hall–Kier alpha value is -2.21. The number of hydrogen-bond donors (Lipinski definition) is 0. The molecule has 1 unspecified atom stereocenters. The predicted octanol–water partition coefficient (Wildman–Crippen LogP) is 2.01. The van der Waals surface area contributed by atoms with Gasteiger partial charge in [-0.05, 0) is 31.4 Å². The van der Waals surface area contributed by atoms with E-state index < -0.39 is 0 Å². The third kappa shape index (κ3) is 2.94. The molecule has 1 aromatic carbocycles. The highest BCUT2D eigenvalue weighted by Crippen LogP contribution is 2.29. The van der Waals surface area contributed by atoms with Crippen LogP contribution in [-0.4, -0.2) is 51.9 Å². The summed E-state index contributed by atoms with van der Waals surface area (Å²) in [6.45, 7) is 2.89.